The fraction of sp³-hybridized carbons (Fsp3) is 0.467. The Bertz CT molecular complexity index is 225. The van der Waals surface area contributed by atoms with Crippen molar-refractivity contribution in [2.45, 2.75) is 33.6 Å². The molecule has 1 nitrogen and oxygen atoms in total. The molecule has 2 aliphatic rings. The smallest absolute Gasteiger partial charge is 0.396 e. The van der Waals surface area contributed by atoms with Crippen LogP contribution in [0, 0.1) is 17.6 Å². The third-order valence-electron chi connectivity index (χ3n) is 1.65. The molecule has 0 radical (unpaired) electrons. The van der Waals surface area contributed by atoms with E-state index < -0.39 is 0 Å². The number of hydrogen-bond acceptors (Lipinski definition) is 1. The Morgan fingerprint density at radius 3 is 1.41 bits per heavy atom. The second-order valence-corrected chi connectivity index (χ2v) is 4.72. The van der Waals surface area contributed by atoms with Gasteiger partial charge in [-0.15, -0.1) is 12.8 Å². The molecule has 0 heterocycles. The second kappa shape index (κ2) is 12.1. The van der Waals surface area contributed by atoms with Crippen molar-refractivity contribution in [1.29, 1.82) is 0 Å². The van der Waals surface area contributed by atoms with Crippen LogP contribution in [0.2, 0.25) is 0 Å². The summed E-state index contributed by atoms with van der Waals surface area (Å²) in [5.41, 5.74) is 0.0972. The van der Waals surface area contributed by atoms with Gasteiger partial charge >= 0.3 is 21.7 Å². The molecule has 1 N–H and O–H groups in total. The molecular weight excluding hydrogens is 244 g/mol. The van der Waals surface area contributed by atoms with Crippen molar-refractivity contribution in [3.8, 4) is 0 Å². The molecular formula is C15H22OTi. The normalized spacial score (nSPS) is 14.6. The molecule has 0 unspecified atom stereocenters. The summed E-state index contributed by atoms with van der Waals surface area (Å²) in [6, 6.07) is 0. The Morgan fingerprint density at radius 2 is 1.35 bits per heavy atom. The van der Waals surface area contributed by atoms with Crippen LogP contribution in [-0.4, -0.2) is 11.7 Å². The predicted molar refractivity (Wildman–Crippen MR) is 69.7 cm³/mol. The predicted octanol–water partition coefficient (Wildman–Crippen LogP) is 3.63. The van der Waals surface area contributed by atoms with Crippen LogP contribution < -0.4 is 0 Å². The van der Waals surface area contributed by atoms with Gasteiger partial charge in [0.15, 0.2) is 0 Å². The molecule has 2 heteroatoms. The van der Waals surface area contributed by atoms with Gasteiger partial charge in [0.2, 0.25) is 0 Å². The third kappa shape index (κ3) is 18.2. The van der Waals surface area contributed by atoms with Crippen LogP contribution in [0.25, 0.3) is 0 Å². The number of aliphatic hydroxyl groups is 1. The van der Waals surface area contributed by atoms with E-state index in [-0.39, 0.29) is 33.7 Å². The van der Waals surface area contributed by atoms with Crippen LogP contribution in [0.1, 0.15) is 33.6 Å². The first kappa shape index (κ1) is 19.0. The Kier molecular flexibility index (Phi) is 13.5. The van der Waals surface area contributed by atoms with E-state index in [2.05, 4.69) is 24.3 Å². The fourth-order valence-electron chi connectivity index (χ4n) is 0.680. The molecule has 0 amide bonds. The molecule has 17 heavy (non-hydrogen) atoms. The topological polar surface area (TPSA) is 20.2 Å². The van der Waals surface area contributed by atoms with Gasteiger partial charge in [-0.25, -0.2) is 24.3 Å². The van der Waals surface area contributed by atoms with Gasteiger partial charge < -0.3 is 5.11 Å². The first-order valence-corrected chi connectivity index (χ1v) is 5.60. The van der Waals surface area contributed by atoms with E-state index >= 15 is 0 Å². The van der Waals surface area contributed by atoms with Gasteiger partial charge in [-0.2, -0.15) is 12.2 Å². The summed E-state index contributed by atoms with van der Waals surface area (Å²) < 4.78 is 0. The molecule has 0 aromatic heterocycles. The van der Waals surface area contributed by atoms with Crippen molar-refractivity contribution < 1.29 is 26.8 Å². The monoisotopic (exact) mass is 266 g/mol. The van der Waals surface area contributed by atoms with E-state index in [9.17, 15) is 0 Å². The summed E-state index contributed by atoms with van der Waals surface area (Å²) in [6.07, 6.45) is 20.0. The minimum atomic E-state index is 0. The number of hydrogen-bond donors (Lipinski definition) is 1. The number of aliphatic hydroxyl groups excluding tert-OH is 1. The summed E-state index contributed by atoms with van der Waals surface area (Å²) >= 11 is 0. The average Bonchev–Trinajstić information content (AvgIpc) is 2.95. The SMILES string of the molecule is CC(C)(C)CO.[C-]1=CC=CC1.[C-]1=CC=CC1.[Ti+2]. The molecule has 0 spiro atoms. The van der Waals surface area contributed by atoms with E-state index in [0.717, 1.165) is 12.8 Å². The molecule has 92 valence electrons. The zero-order chi connectivity index (χ0) is 12.3. The van der Waals surface area contributed by atoms with Crippen molar-refractivity contribution in [2.24, 2.45) is 5.41 Å². The number of allylic oxidation sites excluding steroid dienone is 8. The van der Waals surface area contributed by atoms with Crippen LogP contribution in [0.15, 0.2) is 36.5 Å². The van der Waals surface area contributed by atoms with Crippen molar-refractivity contribution >= 4 is 0 Å². The van der Waals surface area contributed by atoms with Crippen LogP contribution in [0.5, 0.6) is 0 Å². The zero-order valence-electron chi connectivity index (χ0n) is 11.0. The minimum Gasteiger partial charge on any atom is -0.396 e. The van der Waals surface area contributed by atoms with E-state index in [1.807, 2.05) is 45.1 Å². The van der Waals surface area contributed by atoms with Gasteiger partial charge in [0, 0.05) is 6.61 Å². The summed E-state index contributed by atoms with van der Waals surface area (Å²) in [7, 11) is 0. The molecule has 0 bridgehead atoms. The van der Waals surface area contributed by atoms with E-state index in [1.165, 1.54) is 0 Å². The molecule has 0 saturated carbocycles. The summed E-state index contributed by atoms with van der Waals surface area (Å²) in [5, 5.41) is 8.40. The maximum Gasteiger partial charge on any atom is 2.00 e. The molecule has 2 rings (SSSR count). The Morgan fingerprint density at radius 1 is 1.00 bits per heavy atom. The summed E-state index contributed by atoms with van der Waals surface area (Å²) in [5.74, 6) is 0. The van der Waals surface area contributed by atoms with Gasteiger partial charge in [-0.05, 0) is 5.41 Å². The fourth-order valence-corrected chi connectivity index (χ4v) is 0.680. The second-order valence-electron chi connectivity index (χ2n) is 4.72. The van der Waals surface area contributed by atoms with Crippen molar-refractivity contribution in [1.82, 2.24) is 0 Å². The van der Waals surface area contributed by atoms with Crippen molar-refractivity contribution in [3.63, 3.8) is 0 Å². The maximum absolute atomic E-state index is 8.40. The minimum absolute atomic E-state index is 0. The molecule has 0 fully saturated rings. The van der Waals surface area contributed by atoms with E-state index in [0.29, 0.717) is 0 Å². The molecule has 0 aromatic rings. The Hall–Kier alpha value is -0.366. The van der Waals surface area contributed by atoms with Crippen LogP contribution >= 0.6 is 0 Å². The van der Waals surface area contributed by atoms with Crippen molar-refractivity contribution in [2.75, 3.05) is 6.61 Å². The Labute approximate surface area is 121 Å². The number of rotatable bonds is 0. The molecule has 2 aliphatic carbocycles. The van der Waals surface area contributed by atoms with Crippen LogP contribution in [-0.2, 0) is 21.7 Å². The standard InChI is InChI=1S/C5H12O.2C5H5.Ti/c1-5(2,3)4-6;2*1-2-4-5-3-1;/h6H,4H2,1-3H3;2*1-3H,4H2;/q;2*-1;+2. The van der Waals surface area contributed by atoms with Crippen LogP contribution in [0.4, 0.5) is 0 Å². The van der Waals surface area contributed by atoms with E-state index in [1.54, 1.807) is 0 Å². The molecule has 0 saturated heterocycles. The molecule has 0 atom stereocenters. The molecule has 0 aliphatic heterocycles. The van der Waals surface area contributed by atoms with Gasteiger partial charge in [0.1, 0.15) is 0 Å². The zero-order valence-corrected chi connectivity index (χ0v) is 12.6. The van der Waals surface area contributed by atoms with Gasteiger partial charge in [0.05, 0.1) is 0 Å². The first-order chi connectivity index (χ1) is 7.56. The average molecular weight is 266 g/mol. The first-order valence-electron chi connectivity index (χ1n) is 5.60. The van der Waals surface area contributed by atoms with Crippen molar-refractivity contribution in [3.05, 3.63) is 48.6 Å². The summed E-state index contributed by atoms with van der Waals surface area (Å²) in [4.78, 5) is 0. The summed E-state index contributed by atoms with van der Waals surface area (Å²) in [6.45, 7) is 6.25. The Balaban J connectivity index is 0. The maximum atomic E-state index is 8.40. The van der Waals surface area contributed by atoms with E-state index in [4.69, 9.17) is 5.11 Å². The van der Waals surface area contributed by atoms with Gasteiger partial charge in [-0.3, -0.25) is 12.2 Å². The quantitative estimate of drug-likeness (QED) is 0.524. The largest absolute Gasteiger partial charge is 2.00 e. The third-order valence-corrected chi connectivity index (χ3v) is 1.65. The van der Waals surface area contributed by atoms with Gasteiger partial charge in [-0.1, -0.05) is 20.8 Å². The molecule has 0 aromatic carbocycles. The van der Waals surface area contributed by atoms with Gasteiger partial charge in [0.25, 0.3) is 0 Å². The van der Waals surface area contributed by atoms with Crippen LogP contribution in [0.3, 0.4) is 0 Å².